The molecule has 3 aromatic carbocycles. The van der Waals surface area contributed by atoms with Crippen LogP contribution in [0.4, 0.5) is 5.69 Å². The molecule has 176 valence electrons. The van der Waals surface area contributed by atoms with E-state index in [1.54, 1.807) is 99.8 Å². The molecule has 7 heteroatoms. The zero-order valence-corrected chi connectivity index (χ0v) is 19.4. The fourth-order valence-corrected chi connectivity index (χ4v) is 3.30. The van der Waals surface area contributed by atoms with Crippen molar-refractivity contribution in [1.82, 2.24) is 5.32 Å². The molecule has 7 nitrogen and oxygen atoms in total. The van der Waals surface area contributed by atoms with Gasteiger partial charge in [0.25, 0.3) is 11.8 Å². The summed E-state index contributed by atoms with van der Waals surface area (Å²) in [5, 5.41) is 5.50. The third kappa shape index (κ3) is 6.45. The van der Waals surface area contributed by atoms with Crippen LogP contribution < -0.4 is 15.4 Å². The fourth-order valence-electron chi connectivity index (χ4n) is 3.30. The number of anilines is 1. The molecule has 0 radical (unpaired) electrons. The Morgan fingerprint density at radius 1 is 0.794 bits per heavy atom. The third-order valence-electron chi connectivity index (χ3n) is 5.14. The summed E-state index contributed by atoms with van der Waals surface area (Å²) in [4.78, 5) is 38.9. The molecule has 0 aromatic heterocycles. The third-order valence-corrected chi connectivity index (χ3v) is 5.14. The van der Waals surface area contributed by atoms with Crippen molar-refractivity contribution in [2.75, 3.05) is 12.4 Å². The molecule has 0 bridgehead atoms. The number of nitrogens with one attached hydrogen (secondary N) is 2. The Hall–Kier alpha value is -4.13. The van der Waals surface area contributed by atoms with Gasteiger partial charge in [-0.05, 0) is 47.9 Å². The highest BCUT2D eigenvalue weighted by Gasteiger charge is 2.32. The van der Waals surface area contributed by atoms with E-state index < -0.39 is 29.9 Å². The first kappa shape index (κ1) is 24.5. The maximum absolute atomic E-state index is 13.2. The molecule has 0 saturated heterocycles. The highest BCUT2D eigenvalue weighted by Crippen LogP contribution is 2.20. The molecule has 0 unspecified atom stereocenters. The van der Waals surface area contributed by atoms with Gasteiger partial charge in [0.15, 0.2) is 12.1 Å². The zero-order chi connectivity index (χ0) is 24.5. The summed E-state index contributed by atoms with van der Waals surface area (Å²) < 4.78 is 10.8. The Balaban J connectivity index is 1.78. The number of carbonyl (C=O) groups excluding carboxylic acids is 3. The van der Waals surface area contributed by atoms with Gasteiger partial charge in [0.2, 0.25) is 0 Å². The van der Waals surface area contributed by atoms with Crippen LogP contribution in [-0.4, -0.2) is 31.0 Å². The number of benzene rings is 3. The first-order valence-corrected chi connectivity index (χ1v) is 11.0. The molecule has 34 heavy (non-hydrogen) atoms. The van der Waals surface area contributed by atoms with Gasteiger partial charge in [-0.25, -0.2) is 4.79 Å². The average molecular weight is 461 g/mol. The van der Waals surface area contributed by atoms with E-state index in [1.165, 1.54) is 0 Å². The molecule has 0 aliphatic carbocycles. The minimum atomic E-state index is -1.08. The van der Waals surface area contributed by atoms with Crippen LogP contribution in [0.3, 0.4) is 0 Å². The van der Waals surface area contributed by atoms with E-state index in [0.29, 0.717) is 22.6 Å². The molecule has 2 N–H and O–H groups in total. The molecule has 0 saturated carbocycles. The van der Waals surface area contributed by atoms with Crippen LogP contribution in [0.5, 0.6) is 5.75 Å². The number of rotatable bonds is 9. The van der Waals surface area contributed by atoms with Gasteiger partial charge in [0, 0.05) is 11.3 Å². The Kier molecular flexibility index (Phi) is 8.40. The van der Waals surface area contributed by atoms with Crippen molar-refractivity contribution in [1.29, 1.82) is 0 Å². The second-order valence-electron chi connectivity index (χ2n) is 8.00. The average Bonchev–Trinajstić information content (AvgIpc) is 2.86. The second-order valence-corrected chi connectivity index (χ2v) is 8.00. The Bertz CT molecular complexity index is 1100. The lowest BCUT2D eigenvalue weighted by atomic mass is 10.0. The van der Waals surface area contributed by atoms with Crippen molar-refractivity contribution in [2.24, 2.45) is 5.92 Å². The Labute approximate surface area is 199 Å². The van der Waals surface area contributed by atoms with Crippen LogP contribution in [0, 0.1) is 5.92 Å². The van der Waals surface area contributed by atoms with Crippen LogP contribution in [0.25, 0.3) is 0 Å². The lowest BCUT2D eigenvalue weighted by molar-refractivity contribution is -0.158. The standard InChI is InChI=1S/C27H28N2O5/c1-18(2)24(26(31)28-21-14-16-22(33-3)17-15-21)34-27(32)23(19-10-6-4-7-11-19)29-25(30)20-12-8-5-9-13-20/h4-18,23-24H,1-3H3,(H,28,31)(H,29,30)/t23-,24+/m0/s1. The Morgan fingerprint density at radius 3 is 1.94 bits per heavy atom. The molecule has 2 amide bonds. The number of carbonyl (C=O) groups is 3. The smallest absolute Gasteiger partial charge is 0.334 e. The molecule has 2 atom stereocenters. The predicted molar refractivity (Wildman–Crippen MR) is 129 cm³/mol. The van der Waals surface area contributed by atoms with E-state index in [4.69, 9.17) is 9.47 Å². The fraction of sp³-hybridized carbons (Fsp3) is 0.222. The van der Waals surface area contributed by atoms with Gasteiger partial charge in [0.1, 0.15) is 5.75 Å². The molecular weight excluding hydrogens is 432 g/mol. The Morgan fingerprint density at radius 2 is 1.38 bits per heavy atom. The zero-order valence-electron chi connectivity index (χ0n) is 19.4. The quantitative estimate of drug-likeness (QED) is 0.463. The highest BCUT2D eigenvalue weighted by molar-refractivity contribution is 5.98. The van der Waals surface area contributed by atoms with Gasteiger partial charge in [-0.3, -0.25) is 9.59 Å². The predicted octanol–water partition coefficient (Wildman–Crippen LogP) is 4.37. The second kappa shape index (κ2) is 11.7. The normalized spacial score (nSPS) is 12.4. The summed E-state index contributed by atoms with van der Waals surface area (Å²) in [5.41, 5.74) is 1.51. The van der Waals surface area contributed by atoms with Crippen molar-refractivity contribution < 1.29 is 23.9 Å². The number of hydrogen-bond donors (Lipinski definition) is 2. The lowest BCUT2D eigenvalue weighted by Crippen LogP contribution is -2.41. The summed E-state index contributed by atoms with van der Waals surface area (Å²) in [7, 11) is 1.56. The molecule has 0 aliphatic heterocycles. The van der Waals surface area contributed by atoms with Gasteiger partial charge in [-0.1, -0.05) is 62.4 Å². The number of hydrogen-bond acceptors (Lipinski definition) is 5. The molecule has 0 spiro atoms. The molecular formula is C27H28N2O5. The number of amides is 2. The summed E-state index contributed by atoms with van der Waals surface area (Å²) in [6, 6.07) is 23.1. The van der Waals surface area contributed by atoms with Crippen LogP contribution >= 0.6 is 0 Å². The van der Waals surface area contributed by atoms with Crippen LogP contribution in [0.2, 0.25) is 0 Å². The largest absolute Gasteiger partial charge is 0.497 e. The summed E-state index contributed by atoms with van der Waals surface area (Å²) in [5.74, 6) is -1.25. The maximum atomic E-state index is 13.2. The number of esters is 1. The summed E-state index contributed by atoms with van der Waals surface area (Å²) in [6.07, 6.45) is -1.06. The molecule has 3 rings (SSSR count). The van der Waals surface area contributed by atoms with Gasteiger partial charge in [-0.2, -0.15) is 0 Å². The maximum Gasteiger partial charge on any atom is 0.334 e. The van der Waals surface area contributed by atoms with Crippen molar-refractivity contribution in [3.63, 3.8) is 0 Å². The summed E-state index contributed by atoms with van der Waals surface area (Å²) in [6.45, 7) is 3.57. The molecule has 0 aliphatic rings. The van der Waals surface area contributed by atoms with E-state index in [0.717, 1.165) is 0 Å². The first-order valence-electron chi connectivity index (χ1n) is 11.0. The van der Waals surface area contributed by atoms with E-state index in [9.17, 15) is 14.4 Å². The van der Waals surface area contributed by atoms with E-state index >= 15 is 0 Å². The monoisotopic (exact) mass is 460 g/mol. The van der Waals surface area contributed by atoms with Crippen LogP contribution in [0.15, 0.2) is 84.9 Å². The van der Waals surface area contributed by atoms with Crippen LogP contribution in [0.1, 0.15) is 35.8 Å². The SMILES string of the molecule is COc1ccc(NC(=O)[C@H](OC(=O)[C@@H](NC(=O)c2ccccc2)c2ccccc2)C(C)C)cc1. The van der Waals surface area contributed by atoms with Gasteiger partial charge >= 0.3 is 5.97 Å². The minimum absolute atomic E-state index is 0.302. The summed E-state index contributed by atoms with van der Waals surface area (Å²) >= 11 is 0. The highest BCUT2D eigenvalue weighted by atomic mass is 16.5. The molecule has 3 aromatic rings. The first-order chi connectivity index (χ1) is 16.4. The van der Waals surface area contributed by atoms with Crippen molar-refractivity contribution >= 4 is 23.5 Å². The van der Waals surface area contributed by atoms with Gasteiger partial charge in [0.05, 0.1) is 7.11 Å². The van der Waals surface area contributed by atoms with E-state index in [-0.39, 0.29) is 5.92 Å². The lowest BCUT2D eigenvalue weighted by Gasteiger charge is -2.24. The molecule has 0 fully saturated rings. The van der Waals surface area contributed by atoms with Crippen molar-refractivity contribution in [3.05, 3.63) is 96.1 Å². The van der Waals surface area contributed by atoms with E-state index in [1.807, 2.05) is 6.07 Å². The molecule has 0 heterocycles. The van der Waals surface area contributed by atoms with Crippen molar-refractivity contribution in [2.45, 2.75) is 26.0 Å². The minimum Gasteiger partial charge on any atom is -0.497 e. The van der Waals surface area contributed by atoms with Gasteiger partial charge in [-0.15, -0.1) is 0 Å². The topological polar surface area (TPSA) is 93.7 Å². The number of ether oxygens (including phenoxy) is 2. The van der Waals surface area contributed by atoms with Crippen LogP contribution in [-0.2, 0) is 14.3 Å². The number of methoxy groups -OCH3 is 1. The van der Waals surface area contributed by atoms with Crippen molar-refractivity contribution in [3.8, 4) is 5.75 Å². The van der Waals surface area contributed by atoms with E-state index in [2.05, 4.69) is 10.6 Å². The van der Waals surface area contributed by atoms with Gasteiger partial charge < -0.3 is 20.1 Å².